The Hall–Kier alpha value is -2.93. The molecule has 0 atom stereocenters. The first-order valence-electron chi connectivity index (χ1n) is 7.72. The van der Waals surface area contributed by atoms with Gasteiger partial charge in [0, 0.05) is 17.3 Å². The van der Waals surface area contributed by atoms with Crippen molar-refractivity contribution in [3.05, 3.63) is 82.6 Å². The van der Waals surface area contributed by atoms with Gasteiger partial charge in [0.2, 0.25) is 10.0 Å². The Labute approximate surface area is 145 Å². The maximum atomic E-state index is 12.3. The number of aromatic nitrogens is 2. The van der Waals surface area contributed by atoms with Crippen molar-refractivity contribution in [1.29, 1.82) is 0 Å². The first kappa shape index (κ1) is 16.9. The largest absolute Gasteiger partial charge is 0.284 e. The third-order valence-electron chi connectivity index (χ3n) is 3.61. The van der Waals surface area contributed by atoms with Gasteiger partial charge in [0.15, 0.2) is 0 Å². The summed E-state index contributed by atoms with van der Waals surface area (Å²) in [4.78, 5) is 11.1. The molecule has 0 amide bonds. The molecule has 0 fully saturated rings. The lowest BCUT2D eigenvalue weighted by atomic mass is 10.1. The first-order valence-corrected chi connectivity index (χ1v) is 9.38. The Bertz CT molecular complexity index is 994. The summed E-state index contributed by atoms with van der Waals surface area (Å²) in [6.45, 7) is 0. The van der Waals surface area contributed by atoms with Gasteiger partial charge in [-0.15, -0.1) is 0 Å². The number of rotatable bonds is 6. The number of nitrogens with one attached hydrogen (secondary N) is 2. The number of nitrogens with zero attached hydrogens (tertiary/aromatic N) is 1. The Morgan fingerprint density at radius 2 is 1.76 bits per heavy atom. The number of hydrogen-bond donors (Lipinski definition) is 2. The molecule has 0 saturated heterocycles. The fraction of sp³-hybridized carbons (Fsp3) is 0.111. The molecule has 2 aromatic carbocycles. The van der Waals surface area contributed by atoms with Crippen LogP contribution in [0.5, 0.6) is 0 Å². The Morgan fingerprint density at radius 1 is 0.960 bits per heavy atom. The van der Waals surface area contributed by atoms with Crippen molar-refractivity contribution in [2.45, 2.75) is 6.42 Å². The standard InChI is InChI=1S/C18H17N3O3S/c22-18-10-9-17(19-20-18)15-7-4-8-16(13-15)21-25(23,24)12-11-14-5-2-1-3-6-14/h1-10,13,21H,11-12H2,(H,20,22). The van der Waals surface area contributed by atoms with Gasteiger partial charge in [0.1, 0.15) is 0 Å². The maximum Gasteiger partial charge on any atom is 0.264 e. The van der Waals surface area contributed by atoms with Gasteiger partial charge >= 0.3 is 0 Å². The molecule has 0 aliphatic carbocycles. The van der Waals surface area contributed by atoms with Gasteiger partial charge in [-0.1, -0.05) is 42.5 Å². The van der Waals surface area contributed by atoms with Crippen molar-refractivity contribution in [3.63, 3.8) is 0 Å². The van der Waals surface area contributed by atoms with Gasteiger partial charge in [-0.25, -0.2) is 13.5 Å². The molecule has 0 radical (unpaired) electrons. The van der Waals surface area contributed by atoms with Crippen LogP contribution in [0.2, 0.25) is 0 Å². The van der Waals surface area contributed by atoms with Crippen molar-refractivity contribution in [3.8, 4) is 11.3 Å². The van der Waals surface area contributed by atoms with Gasteiger partial charge in [-0.2, -0.15) is 5.10 Å². The van der Waals surface area contributed by atoms with Crippen molar-refractivity contribution in [2.24, 2.45) is 0 Å². The number of hydrogen-bond acceptors (Lipinski definition) is 4. The van der Waals surface area contributed by atoms with Gasteiger partial charge in [0.25, 0.3) is 5.56 Å². The van der Waals surface area contributed by atoms with Crippen LogP contribution in [0.1, 0.15) is 5.56 Å². The third kappa shape index (κ3) is 4.77. The zero-order chi connectivity index (χ0) is 17.7. The van der Waals surface area contributed by atoms with Crippen LogP contribution in [0.15, 0.2) is 71.5 Å². The lowest BCUT2D eigenvalue weighted by Crippen LogP contribution is -2.18. The molecule has 2 N–H and O–H groups in total. The molecule has 0 saturated carbocycles. The Morgan fingerprint density at radius 3 is 2.48 bits per heavy atom. The van der Waals surface area contributed by atoms with E-state index in [1.54, 1.807) is 30.3 Å². The minimum Gasteiger partial charge on any atom is -0.284 e. The Balaban J connectivity index is 1.72. The predicted molar refractivity (Wildman–Crippen MR) is 97.8 cm³/mol. The minimum atomic E-state index is -3.47. The highest BCUT2D eigenvalue weighted by Gasteiger charge is 2.11. The van der Waals surface area contributed by atoms with Crippen LogP contribution >= 0.6 is 0 Å². The van der Waals surface area contributed by atoms with Crippen molar-refractivity contribution >= 4 is 15.7 Å². The van der Waals surface area contributed by atoms with Gasteiger partial charge in [-0.05, 0) is 30.2 Å². The van der Waals surface area contributed by atoms with Crippen LogP contribution < -0.4 is 10.3 Å². The number of anilines is 1. The summed E-state index contributed by atoms with van der Waals surface area (Å²) in [6, 6.07) is 19.3. The molecule has 0 aliphatic heterocycles. The number of H-pyrrole nitrogens is 1. The van der Waals surface area contributed by atoms with E-state index in [4.69, 9.17) is 0 Å². The summed E-state index contributed by atoms with van der Waals surface area (Å²) in [5.41, 5.74) is 2.41. The highest BCUT2D eigenvalue weighted by Crippen LogP contribution is 2.20. The van der Waals surface area contributed by atoms with Gasteiger partial charge in [-0.3, -0.25) is 9.52 Å². The zero-order valence-electron chi connectivity index (χ0n) is 13.3. The average molecular weight is 355 g/mol. The number of sulfonamides is 1. The molecule has 3 rings (SSSR count). The van der Waals surface area contributed by atoms with E-state index in [9.17, 15) is 13.2 Å². The second-order valence-corrected chi connectivity index (χ2v) is 7.39. The summed E-state index contributed by atoms with van der Waals surface area (Å²) >= 11 is 0. The fourth-order valence-electron chi connectivity index (χ4n) is 2.37. The van der Waals surface area contributed by atoms with E-state index in [1.807, 2.05) is 30.3 Å². The van der Waals surface area contributed by atoms with Crippen molar-refractivity contribution in [1.82, 2.24) is 10.2 Å². The van der Waals surface area contributed by atoms with E-state index in [0.717, 1.165) is 5.56 Å². The second kappa shape index (κ2) is 7.31. The summed E-state index contributed by atoms with van der Waals surface area (Å²) in [7, 11) is -3.47. The molecule has 7 heteroatoms. The lowest BCUT2D eigenvalue weighted by Gasteiger charge is -2.09. The second-order valence-electron chi connectivity index (χ2n) is 5.54. The molecular formula is C18H17N3O3S. The predicted octanol–water partition coefficient (Wildman–Crippen LogP) is 2.42. The first-order chi connectivity index (χ1) is 12.0. The molecule has 25 heavy (non-hydrogen) atoms. The lowest BCUT2D eigenvalue weighted by molar-refractivity contribution is 0.600. The molecule has 0 aliphatic rings. The summed E-state index contributed by atoms with van der Waals surface area (Å²) in [5, 5.41) is 6.31. The van der Waals surface area contributed by atoms with E-state index >= 15 is 0 Å². The Kier molecular flexibility index (Phi) is 4.95. The molecule has 3 aromatic rings. The van der Waals surface area contributed by atoms with Crippen LogP contribution in [0.3, 0.4) is 0 Å². The monoisotopic (exact) mass is 355 g/mol. The molecule has 1 heterocycles. The van der Waals surface area contributed by atoms with Crippen molar-refractivity contribution < 1.29 is 8.42 Å². The third-order valence-corrected chi connectivity index (χ3v) is 4.90. The molecule has 1 aromatic heterocycles. The minimum absolute atomic E-state index is 0.00184. The summed E-state index contributed by atoms with van der Waals surface area (Å²) < 4.78 is 27.2. The van der Waals surface area contributed by atoms with Crippen LogP contribution in [-0.4, -0.2) is 24.4 Å². The van der Waals surface area contributed by atoms with Crippen molar-refractivity contribution in [2.75, 3.05) is 10.5 Å². The van der Waals surface area contributed by atoms with Crippen LogP contribution in [0, 0.1) is 0 Å². The topological polar surface area (TPSA) is 91.9 Å². The van der Waals surface area contributed by atoms with E-state index in [2.05, 4.69) is 14.9 Å². The summed E-state index contributed by atoms with van der Waals surface area (Å²) in [5.74, 6) is -0.00184. The average Bonchev–Trinajstić information content (AvgIpc) is 2.61. The van der Waals surface area contributed by atoms with E-state index < -0.39 is 10.0 Å². The molecular weight excluding hydrogens is 338 g/mol. The van der Waals surface area contributed by atoms with E-state index in [0.29, 0.717) is 23.4 Å². The van der Waals surface area contributed by atoms with E-state index in [1.165, 1.54) is 6.07 Å². The molecule has 6 nitrogen and oxygen atoms in total. The number of aryl methyl sites for hydroxylation is 1. The van der Waals surface area contributed by atoms with Gasteiger partial charge in [0.05, 0.1) is 11.4 Å². The molecule has 0 spiro atoms. The normalized spacial score (nSPS) is 11.2. The fourth-order valence-corrected chi connectivity index (χ4v) is 3.47. The van der Waals surface area contributed by atoms with E-state index in [-0.39, 0.29) is 11.3 Å². The molecule has 0 bridgehead atoms. The number of aromatic amines is 1. The molecule has 128 valence electrons. The smallest absolute Gasteiger partial charge is 0.264 e. The SMILES string of the molecule is O=c1ccc(-c2cccc(NS(=O)(=O)CCc3ccccc3)c2)n[nH]1. The maximum absolute atomic E-state index is 12.3. The highest BCUT2D eigenvalue weighted by molar-refractivity contribution is 7.92. The number of benzene rings is 2. The van der Waals surface area contributed by atoms with Crippen LogP contribution in [0.4, 0.5) is 5.69 Å². The van der Waals surface area contributed by atoms with Crippen LogP contribution in [-0.2, 0) is 16.4 Å². The molecule has 0 unspecified atom stereocenters. The highest BCUT2D eigenvalue weighted by atomic mass is 32.2. The quantitative estimate of drug-likeness (QED) is 0.710. The van der Waals surface area contributed by atoms with Crippen LogP contribution in [0.25, 0.3) is 11.3 Å². The van der Waals surface area contributed by atoms with Gasteiger partial charge < -0.3 is 0 Å². The summed E-state index contributed by atoms with van der Waals surface area (Å²) in [6.07, 6.45) is 0.442. The zero-order valence-corrected chi connectivity index (χ0v) is 14.2.